The number of benzene rings is 2. The number of amides is 2. The van der Waals surface area contributed by atoms with Crippen LogP contribution in [0.25, 0.3) is 10.9 Å². The Bertz CT molecular complexity index is 1510. The lowest BCUT2D eigenvalue weighted by Crippen LogP contribution is -2.75. The van der Waals surface area contributed by atoms with Crippen molar-refractivity contribution in [3.05, 3.63) is 70.3 Å². The van der Waals surface area contributed by atoms with Crippen LogP contribution >= 0.6 is 0 Å². The third-order valence-electron chi connectivity index (χ3n) is 8.62. The molecule has 8 nitrogen and oxygen atoms in total. The number of hydrogen-bond acceptors (Lipinski definition) is 5. The van der Waals surface area contributed by atoms with Gasteiger partial charge in [-0.2, -0.15) is 0 Å². The minimum Gasteiger partial charge on any atom is -0.341 e. The van der Waals surface area contributed by atoms with E-state index in [0.717, 1.165) is 17.7 Å². The van der Waals surface area contributed by atoms with Crippen molar-refractivity contribution < 1.29 is 9.59 Å². The number of carbonyl (C=O) groups excluding carboxylic acids is 2. The predicted molar refractivity (Wildman–Crippen MR) is 131 cm³/mol. The van der Waals surface area contributed by atoms with Crippen LogP contribution in [0.3, 0.4) is 0 Å². The molecular formula is C27H27N5O3. The maximum atomic E-state index is 13.7. The van der Waals surface area contributed by atoms with Crippen LogP contribution in [0, 0.1) is 5.92 Å². The van der Waals surface area contributed by atoms with Gasteiger partial charge in [0, 0.05) is 5.69 Å². The van der Waals surface area contributed by atoms with Gasteiger partial charge >= 0.3 is 0 Å². The van der Waals surface area contributed by atoms with Crippen LogP contribution in [-0.2, 0) is 20.5 Å². The van der Waals surface area contributed by atoms with Crippen LogP contribution in [-0.4, -0.2) is 33.6 Å². The second kappa shape index (κ2) is 6.57. The molecule has 2 fully saturated rings. The third-order valence-corrected chi connectivity index (χ3v) is 8.62. The molecule has 5 unspecified atom stereocenters. The summed E-state index contributed by atoms with van der Waals surface area (Å²) < 4.78 is 1.60. The Labute approximate surface area is 202 Å². The summed E-state index contributed by atoms with van der Waals surface area (Å²) in [6, 6.07) is 14.3. The fourth-order valence-corrected chi connectivity index (χ4v) is 7.16. The summed E-state index contributed by atoms with van der Waals surface area (Å²) in [7, 11) is 0. The van der Waals surface area contributed by atoms with Crippen LogP contribution in [0.4, 0.5) is 5.69 Å². The monoisotopic (exact) mass is 469 g/mol. The number of carbonyl (C=O) groups is 2. The van der Waals surface area contributed by atoms with E-state index in [-0.39, 0.29) is 29.6 Å². The Morgan fingerprint density at radius 3 is 2.63 bits per heavy atom. The lowest BCUT2D eigenvalue weighted by Gasteiger charge is -2.58. The lowest BCUT2D eigenvalue weighted by molar-refractivity contribution is -0.137. The Balaban J connectivity index is 1.51. The number of piperidine rings is 1. The highest BCUT2D eigenvalue weighted by atomic mass is 16.2. The largest absolute Gasteiger partial charge is 0.341 e. The third kappa shape index (κ3) is 2.31. The molecule has 35 heavy (non-hydrogen) atoms. The van der Waals surface area contributed by atoms with Gasteiger partial charge in [-0.1, -0.05) is 44.2 Å². The number of nitrogens with zero attached hydrogens (tertiary/aromatic N) is 3. The van der Waals surface area contributed by atoms with Crippen molar-refractivity contribution in [1.29, 1.82) is 0 Å². The number of nitrogens with one attached hydrogen (secondary N) is 2. The number of hydrogen-bond donors (Lipinski definition) is 2. The second-order valence-corrected chi connectivity index (χ2v) is 10.9. The standard InChI is InChI=1S/C27H27N5O3/c1-14(2)12-18-23(35)31-19-11-7-5-9-16(19)27(25(31)29-18)13-20-21(33)30-26(27,3)24-28-17-10-6-4-8-15(17)22(34)32(20)24/h4-11,14,18,20,25,29H,12-13H2,1-3H3,(H,30,33). The molecule has 1 spiro atoms. The van der Waals surface area contributed by atoms with Crippen LogP contribution in [0.2, 0.25) is 0 Å². The van der Waals surface area contributed by atoms with E-state index in [4.69, 9.17) is 4.98 Å². The molecule has 178 valence electrons. The maximum Gasteiger partial charge on any atom is 0.262 e. The molecule has 8 rings (SSSR count). The van der Waals surface area contributed by atoms with Gasteiger partial charge < -0.3 is 5.32 Å². The topological polar surface area (TPSA) is 96.3 Å². The van der Waals surface area contributed by atoms with Crippen molar-refractivity contribution in [1.82, 2.24) is 20.2 Å². The fraction of sp³-hybridized carbons (Fsp3) is 0.407. The van der Waals surface area contributed by atoms with Gasteiger partial charge in [0.05, 0.1) is 22.4 Å². The average molecular weight is 470 g/mol. The van der Waals surface area contributed by atoms with Gasteiger partial charge in [0.2, 0.25) is 11.8 Å². The second-order valence-electron chi connectivity index (χ2n) is 10.9. The van der Waals surface area contributed by atoms with E-state index >= 15 is 0 Å². The van der Waals surface area contributed by atoms with Crippen molar-refractivity contribution in [2.75, 3.05) is 4.90 Å². The number of anilines is 1. The minimum atomic E-state index is -1.00. The van der Waals surface area contributed by atoms with Gasteiger partial charge in [-0.15, -0.1) is 0 Å². The number of aromatic nitrogens is 2. The zero-order chi connectivity index (χ0) is 24.3. The highest BCUT2D eigenvalue weighted by molar-refractivity contribution is 6.03. The van der Waals surface area contributed by atoms with E-state index in [9.17, 15) is 14.4 Å². The molecule has 2 N–H and O–H groups in total. The first-order valence-electron chi connectivity index (χ1n) is 12.3. The van der Waals surface area contributed by atoms with E-state index in [1.807, 2.05) is 48.2 Å². The van der Waals surface area contributed by atoms with E-state index in [1.54, 1.807) is 10.6 Å². The van der Waals surface area contributed by atoms with E-state index in [1.165, 1.54) is 0 Å². The minimum absolute atomic E-state index is 0.0632. The molecule has 0 saturated carbocycles. The quantitative estimate of drug-likeness (QED) is 0.601. The smallest absolute Gasteiger partial charge is 0.262 e. The van der Waals surface area contributed by atoms with Gasteiger partial charge in [0.1, 0.15) is 23.6 Å². The zero-order valence-corrected chi connectivity index (χ0v) is 19.9. The Morgan fingerprint density at radius 1 is 1.09 bits per heavy atom. The molecule has 3 aromatic rings. The Kier molecular flexibility index (Phi) is 3.91. The summed E-state index contributed by atoms with van der Waals surface area (Å²) in [5.41, 5.74) is 0.623. The molecule has 0 radical (unpaired) electrons. The van der Waals surface area contributed by atoms with Gasteiger partial charge in [-0.05, 0) is 49.4 Å². The first kappa shape index (κ1) is 20.8. The van der Waals surface area contributed by atoms with Crippen molar-refractivity contribution in [3.63, 3.8) is 0 Å². The summed E-state index contributed by atoms with van der Waals surface area (Å²) in [5, 5.41) is 7.43. The molecule has 6 heterocycles. The number of fused-ring (bicyclic) bond motifs is 5. The van der Waals surface area contributed by atoms with Crippen molar-refractivity contribution >= 4 is 28.4 Å². The normalized spacial score (nSPS) is 32.3. The molecule has 2 bridgehead atoms. The summed E-state index contributed by atoms with van der Waals surface area (Å²) in [4.78, 5) is 47.5. The maximum absolute atomic E-state index is 13.7. The molecule has 1 aromatic heterocycles. The zero-order valence-electron chi connectivity index (χ0n) is 19.9. The van der Waals surface area contributed by atoms with Crippen molar-refractivity contribution in [2.24, 2.45) is 5.92 Å². The Morgan fingerprint density at radius 2 is 1.83 bits per heavy atom. The first-order valence-corrected chi connectivity index (χ1v) is 12.3. The predicted octanol–water partition coefficient (Wildman–Crippen LogP) is 2.31. The van der Waals surface area contributed by atoms with E-state index in [2.05, 4.69) is 30.5 Å². The van der Waals surface area contributed by atoms with Crippen LogP contribution in [0.1, 0.15) is 51.0 Å². The van der Waals surface area contributed by atoms with Gasteiger partial charge in [-0.3, -0.25) is 29.2 Å². The lowest BCUT2D eigenvalue weighted by atomic mass is 9.57. The summed E-state index contributed by atoms with van der Waals surface area (Å²) in [5.74, 6) is 0.792. The van der Waals surface area contributed by atoms with Gasteiger partial charge in [0.15, 0.2) is 0 Å². The molecule has 0 aliphatic carbocycles. The van der Waals surface area contributed by atoms with E-state index < -0.39 is 17.0 Å². The number of para-hydroxylation sites is 2. The van der Waals surface area contributed by atoms with Gasteiger partial charge in [0.25, 0.3) is 5.56 Å². The fourth-order valence-electron chi connectivity index (χ4n) is 7.16. The van der Waals surface area contributed by atoms with Crippen LogP contribution < -0.4 is 21.1 Å². The Hall–Kier alpha value is -3.52. The molecule has 5 atom stereocenters. The molecule has 5 aliphatic heterocycles. The highest BCUT2D eigenvalue weighted by Gasteiger charge is 2.72. The average Bonchev–Trinajstić information content (AvgIpc) is 3.29. The summed E-state index contributed by atoms with van der Waals surface area (Å²) in [6.07, 6.45) is 0.798. The number of rotatable bonds is 2. The van der Waals surface area contributed by atoms with Crippen molar-refractivity contribution in [3.8, 4) is 0 Å². The van der Waals surface area contributed by atoms with Crippen molar-refractivity contribution in [2.45, 2.75) is 62.8 Å². The molecule has 5 aliphatic rings. The SMILES string of the molecule is CC(C)CC1NC2N(C1=O)c1ccccc1C21CC2C(=O)NC1(C)c1nc3ccccc3c(=O)n12. The van der Waals surface area contributed by atoms with Crippen LogP contribution in [0.5, 0.6) is 0 Å². The molecule has 2 amide bonds. The molecule has 8 heteroatoms. The molecule has 2 aromatic carbocycles. The summed E-state index contributed by atoms with van der Waals surface area (Å²) >= 11 is 0. The van der Waals surface area contributed by atoms with Crippen LogP contribution in [0.15, 0.2) is 53.3 Å². The molecule has 2 saturated heterocycles. The first-order chi connectivity index (χ1) is 16.8. The highest BCUT2D eigenvalue weighted by Crippen LogP contribution is 2.62. The van der Waals surface area contributed by atoms with E-state index in [0.29, 0.717) is 29.1 Å². The summed E-state index contributed by atoms with van der Waals surface area (Å²) in [6.45, 7) is 6.20. The molecular weight excluding hydrogens is 442 g/mol. The van der Waals surface area contributed by atoms with Gasteiger partial charge in [-0.25, -0.2) is 4.98 Å².